The number of phosphoric acid groups is 2. The molecule has 0 radical (unpaired) electrons. The molecule has 24 N–H and O–H groups in total. The van der Waals surface area contributed by atoms with Crippen LogP contribution in [0.25, 0.3) is 0 Å². The Balaban J connectivity index is -0.00000000352. The summed E-state index contributed by atoms with van der Waals surface area (Å²) in [7, 11) is -10.1. The third-order valence-electron chi connectivity index (χ3n) is 0.213. The van der Waals surface area contributed by atoms with Crippen LogP contribution < -0.4 is 0 Å². The van der Waals surface area contributed by atoms with Crippen LogP contribution in [0.3, 0.4) is 0 Å². The SMILES string of the molecule is O.O.O.O.O.O.O.O.O.O.O=P(O)(O)OP(=O)(O)O.[NaH].[NaH].[NaH].[NaH]. The Morgan fingerprint density at radius 1 is 0.435 bits per heavy atom. The van der Waals surface area contributed by atoms with Crippen molar-refractivity contribution in [3.63, 3.8) is 0 Å². The van der Waals surface area contributed by atoms with Gasteiger partial charge in [0.2, 0.25) is 0 Å². The average molecular weight is 454 g/mol. The van der Waals surface area contributed by atoms with Crippen LogP contribution in [0, 0.1) is 0 Å². The molecule has 0 aliphatic heterocycles. The monoisotopic (exact) mass is 454 g/mol. The number of rotatable bonds is 2. The molecule has 0 bridgehead atoms. The molecule has 0 aromatic carbocycles. The molecule has 0 aromatic heterocycles. The summed E-state index contributed by atoms with van der Waals surface area (Å²) in [6, 6.07) is 0. The van der Waals surface area contributed by atoms with E-state index in [1.807, 2.05) is 0 Å². The van der Waals surface area contributed by atoms with Gasteiger partial charge in [-0.3, -0.25) is 0 Å². The second kappa shape index (κ2) is 56.2. The molecule has 0 aliphatic carbocycles. The summed E-state index contributed by atoms with van der Waals surface area (Å²) in [6.45, 7) is 0. The quantitative estimate of drug-likeness (QED) is 0.230. The topological polar surface area (TPSA) is 439 Å². The van der Waals surface area contributed by atoms with Crippen molar-refractivity contribution in [1.29, 1.82) is 0 Å². The molecular weight excluding hydrogens is 426 g/mol. The van der Waals surface area contributed by atoms with Crippen LogP contribution in [-0.4, -0.2) is 193 Å². The van der Waals surface area contributed by atoms with Crippen LogP contribution in [0.5, 0.6) is 0 Å². The van der Waals surface area contributed by atoms with E-state index in [1.54, 1.807) is 0 Å². The zero-order valence-electron chi connectivity index (χ0n) is 8.91. The Morgan fingerprint density at radius 2 is 0.522 bits per heavy atom. The van der Waals surface area contributed by atoms with E-state index in [4.69, 9.17) is 19.6 Å². The molecule has 0 amide bonds. The Hall–Kier alpha value is 3.86. The van der Waals surface area contributed by atoms with E-state index in [2.05, 4.69) is 4.31 Å². The summed E-state index contributed by atoms with van der Waals surface area (Å²) in [5, 5.41) is 0. The van der Waals surface area contributed by atoms with Crippen molar-refractivity contribution in [2.45, 2.75) is 0 Å². The first kappa shape index (κ1) is 128. The zero-order chi connectivity index (χ0) is 7.71. The van der Waals surface area contributed by atoms with Gasteiger partial charge in [0.25, 0.3) is 0 Å². The molecule has 0 atom stereocenters. The predicted molar refractivity (Wildman–Crippen MR) is 89.9 cm³/mol. The van der Waals surface area contributed by atoms with Gasteiger partial charge in [0.15, 0.2) is 0 Å². The second-order valence-corrected chi connectivity index (χ2v) is 3.68. The van der Waals surface area contributed by atoms with Gasteiger partial charge in [0.1, 0.15) is 0 Å². The molecule has 0 aromatic rings. The molecule has 0 fully saturated rings. The summed E-state index contributed by atoms with van der Waals surface area (Å²) < 4.78 is 22.2. The van der Waals surface area contributed by atoms with Gasteiger partial charge in [-0.15, -0.1) is 0 Å². The van der Waals surface area contributed by atoms with Crippen molar-refractivity contribution in [3.05, 3.63) is 0 Å². The summed E-state index contributed by atoms with van der Waals surface area (Å²) in [6.07, 6.45) is 0. The van der Waals surface area contributed by atoms with E-state index in [1.165, 1.54) is 0 Å². The molecule has 144 valence electrons. The first-order valence-electron chi connectivity index (χ1n) is 1.53. The third kappa shape index (κ3) is 151. The second-order valence-electron chi connectivity index (χ2n) is 1.06. The fourth-order valence-electron chi connectivity index (χ4n) is 0.139. The van der Waals surface area contributed by atoms with E-state index < -0.39 is 15.6 Å². The van der Waals surface area contributed by atoms with Crippen molar-refractivity contribution < 1.29 is 87.8 Å². The van der Waals surface area contributed by atoms with Crippen molar-refractivity contribution in [2.24, 2.45) is 0 Å². The van der Waals surface area contributed by atoms with Crippen LogP contribution in [-0.2, 0) is 13.4 Å². The van der Waals surface area contributed by atoms with Gasteiger partial charge >= 0.3 is 134 Å². The first-order chi connectivity index (χ1) is 3.71. The molecule has 17 nitrogen and oxygen atoms in total. The number of hydrogen-bond acceptors (Lipinski definition) is 3. The van der Waals surface area contributed by atoms with Gasteiger partial charge < -0.3 is 74.3 Å². The van der Waals surface area contributed by atoms with Gasteiger partial charge in [-0.25, -0.2) is 9.13 Å². The standard InChI is InChI=1S/4Na.H4O7P2.10H2O.4H/c;;;;1-8(2,3)7-9(4,5)6;;;;;;;;;;;;;;/h;;;;(H2,1,2,3)(H2,4,5,6);10*1H2;;;;. The summed E-state index contributed by atoms with van der Waals surface area (Å²) in [5.41, 5.74) is 0. The molecule has 0 saturated carbocycles. The minimum absolute atomic E-state index is 0. The van der Waals surface area contributed by atoms with Gasteiger partial charge in [0.05, 0.1) is 0 Å². The van der Waals surface area contributed by atoms with Crippen molar-refractivity contribution >= 4 is 134 Å². The molecule has 0 saturated heterocycles. The van der Waals surface area contributed by atoms with Gasteiger partial charge in [0, 0.05) is 0 Å². The molecule has 0 aliphatic rings. The van der Waals surface area contributed by atoms with Crippen molar-refractivity contribution in [3.8, 4) is 0 Å². The van der Waals surface area contributed by atoms with Crippen LogP contribution >= 0.6 is 15.6 Å². The third-order valence-corrected chi connectivity index (χ3v) is 1.91. The zero-order valence-corrected chi connectivity index (χ0v) is 10.7. The fraction of sp³-hybridized carbons (Fsp3) is 0. The first-order valence-corrected chi connectivity index (χ1v) is 4.59. The number of hydrogen-bond donors (Lipinski definition) is 4. The van der Waals surface area contributed by atoms with Crippen LogP contribution in [0.15, 0.2) is 0 Å². The van der Waals surface area contributed by atoms with Crippen molar-refractivity contribution in [2.75, 3.05) is 0 Å². The minimum atomic E-state index is -5.05. The summed E-state index contributed by atoms with van der Waals surface area (Å²) >= 11 is 0. The molecule has 23 heavy (non-hydrogen) atoms. The molecule has 0 heterocycles. The summed E-state index contributed by atoms with van der Waals surface area (Å²) in [5.74, 6) is 0. The Labute approximate surface area is 218 Å². The fourth-order valence-corrected chi connectivity index (χ4v) is 1.25. The molecule has 23 heteroatoms. The maximum absolute atomic E-state index is 9.63. The molecular formula is H28Na4O17P2. The van der Waals surface area contributed by atoms with Crippen LogP contribution in [0.1, 0.15) is 0 Å². The van der Waals surface area contributed by atoms with Crippen LogP contribution in [0.2, 0.25) is 0 Å². The summed E-state index contributed by atoms with van der Waals surface area (Å²) in [4.78, 5) is 31.0. The molecule has 0 rings (SSSR count). The van der Waals surface area contributed by atoms with E-state index in [0.717, 1.165) is 0 Å². The molecule has 0 unspecified atom stereocenters. The van der Waals surface area contributed by atoms with Gasteiger partial charge in [-0.2, -0.15) is 4.31 Å². The Bertz CT molecular complexity index is 165. The van der Waals surface area contributed by atoms with E-state index in [-0.39, 0.29) is 173 Å². The Morgan fingerprint density at radius 3 is 0.522 bits per heavy atom. The van der Waals surface area contributed by atoms with E-state index in [9.17, 15) is 9.13 Å². The normalized spacial score (nSPS) is 5.39. The van der Waals surface area contributed by atoms with E-state index >= 15 is 0 Å². The van der Waals surface area contributed by atoms with Gasteiger partial charge in [-0.1, -0.05) is 0 Å². The van der Waals surface area contributed by atoms with Crippen LogP contribution in [0.4, 0.5) is 0 Å². The average Bonchev–Trinajstić information content (AvgIpc) is 1.14. The van der Waals surface area contributed by atoms with Crippen molar-refractivity contribution in [1.82, 2.24) is 0 Å². The maximum atomic E-state index is 9.63. The molecule has 0 spiro atoms. The van der Waals surface area contributed by atoms with Gasteiger partial charge in [-0.05, 0) is 0 Å². The predicted octanol–water partition coefficient (Wildman–Crippen LogP) is -11.7. The van der Waals surface area contributed by atoms with E-state index in [0.29, 0.717) is 0 Å². The Kier molecular flexibility index (Phi) is 312.